The van der Waals surface area contributed by atoms with Crippen LogP contribution in [0.1, 0.15) is 34.2 Å². The van der Waals surface area contributed by atoms with Crippen LogP contribution in [0, 0.1) is 24.0 Å². The summed E-state index contributed by atoms with van der Waals surface area (Å²) in [6, 6.07) is 19.7. The fourth-order valence-corrected chi connectivity index (χ4v) is 4.85. The number of para-hydroxylation sites is 2. The van der Waals surface area contributed by atoms with Gasteiger partial charge in [0.25, 0.3) is 0 Å². The number of aryl methyl sites for hydroxylation is 2. The molecule has 0 saturated heterocycles. The molecule has 2 aromatic carbocycles. The molecule has 3 heterocycles. The molecule has 0 aliphatic rings. The topological polar surface area (TPSA) is 66.1 Å². The molecule has 3 aromatic heterocycles. The first-order valence-electron chi connectivity index (χ1n) is 10.2. The van der Waals surface area contributed by atoms with E-state index in [2.05, 4.69) is 61.3 Å². The molecule has 0 aliphatic heterocycles. The summed E-state index contributed by atoms with van der Waals surface area (Å²) < 4.78 is 10.2. The molecule has 31 heavy (non-hydrogen) atoms. The summed E-state index contributed by atoms with van der Waals surface area (Å²) in [5.41, 5.74) is 6.69. The lowest BCUT2D eigenvalue weighted by Crippen LogP contribution is -2.06. The molecule has 0 radical (unpaired) electrons. The summed E-state index contributed by atoms with van der Waals surface area (Å²) >= 11 is 0. The Kier molecular flexibility index (Phi) is 4.25. The second-order valence-corrected chi connectivity index (χ2v) is 8.02. The summed E-state index contributed by atoms with van der Waals surface area (Å²) in [6.45, 7) is 4.19. The van der Waals surface area contributed by atoms with Crippen LogP contribution in [0.5, 0.6) is 0 Å². The van der Waals surface area contributed by atoms with Gasteiger partial charge in [-0.05, 0) is 43.2 Å². The van der Waals surface area contributed by atoms with Gasteiger partial charge in [0.2, 0.25) is 0 Å². The van der Waals surface area contributed by atoms with E-state index in [9.17, 15) is 10.1 Å². The fourth-order valence-electron chi connectivity index (χ4n) is 4.85. The minimum absolute atomic E-state index is 0.240. The van der Waals surface area contributed by atoms with Crippen molar-refractivity contribution < 1.29 is 9.34 Å². The number of fused-ring (bicyclic) bond motifs is 2. The van der Waals surface area contributed by atoms with Crippen LogP contribution >= 0.6 is 0 Å². The van der Waals surface area contributed by atoms with Gasteiger partial charge < -0.3 is 13.6 Å². The Morgan fingerprint density at radius 2 is 1.29 bits per heavy atom. The maximum absolute atomic E-state index is 11.4. The molecule has 0 N–H and O–H groups in total. The Bertz CT molecular complexity index is 1380. The quantitative estimate of drug-likeness (QED) is 0.269. The minimum atomic E-state index is -0.480. The third kappa shape index (κ3) is 2.71. The van der Waals surface area contributed by atoms with Crippen molar-refractivity contribution in [3.8, 4) is 0 Å². The van der Waals surface area contributed by atoms with Crippen LogP contribution in [-0.4, -0.2) is 14.1 Å². The fraction of sp³-hybridized carbons (Fsp3) is 0.200. The molecule has 0 amide bonds. The van der Waals surface area contributed by atoms with Gasteiger partial charge in [-0.1, -0.05) is 36.4 Å². The van der Waals surface area contributed by atoms with E-state index < -0.39 is 4.92 Å². The van der Waals surface area contributed by atoms with Gasteiger partial charge in [0, 0.05) is 47.3 Å². The highest BCUT2D eigenvalue weighted by atomic mass is 16.6. The molecule has 0 aliphatic carbocycles. The Hall–Kier alpha value is -3.80. The molecule has 6 heteroatoms. The highest BCUT2D eigenvalue weighted by molar-refractivity contribution is 5.91. The highest BCUT2D eigenvalue weighted by Gasteiger charge is 2.32. The highest BCUT2D eigenvalue weighted by Crippen LogP contribution is 2.44. The van der Waals surface area contributed by atoms with Crippen molar-refractivity contribution in [2.45, 2.75) is 19.8 Å². The maximum Gasteiger partial charge on any atom is 0.433 e. The lowest BCUT2D eigenvalue weighted by molar-refractivity contribution is -0.402. The minimum Gasteiger partial charge on any atom is -0.405 e. The molecule has 0 bridgehead atoms. The number of benzene rings is 2. The van der Waals surface area contributed by atoms with Crippen LogP contribution < -0.4 is 0 Å². The van der Waals surface area contributed by atoms with Crippen LogP contribution in [0.15, 0.2) is 65.1 Å². The van der Waals surface area contributed by atoms with Gasteiger partial charge in [0.05, 0.1) is 12.0 Å². The Labute approximate surface area is 179 Å². The first-order chi connectivity index (χ1) is 14.9. The molecule has 0 spiro atoms. The molecule has 0 unspecified atom stereocenters. The summed E-state index contributed by atoms with van der Waals surface area (Å²) in [5.74, 6) is 0.0623. The number of nitro groups is 1. The monoisotopic (exact) mass is 413 g/mol. The third-order valence-electron chi connectivity index (χ3n) is 6.55. The van der Waals surface area contributed by atoms with Gasteiger partial charge in [-0.2, -0.15) is 0 Å². The van der Waals surface area contributed by atoms with Crippen molar-refractivity contribution in [3.05, 3.63) is 99.1 Å². The van der Waals surface area contributed by atoms with Gasteiger partial charge in [-0.3, -0.25) is 10.1 Å². The summed E-state index contributed by atoms with van der Waals surface area (Å²) in [4.78, 5) is 10.9. The molecular weight excluding hydrogens is 390 g/mol. The number of rotatable bonds is 4. The van der Waals surface area contributed by atoms with Gasteiger partial charge in [-0.25, -0.2) is 0 Å². The van der Waals surface area contributed by atoms with E-state index in [0.29, 0.717) is 5.76 Å². The molecule has 156 valence electrons. The number of hydrogen-bond donors (Lipinski definition) is 0. The second-order valence-electron chi connectivity index (χ2n) is 8.02. The van der Waals surface area contributed by atoms with Crippen molar-refractivity contribution in [3.63, 3.8) is 0 Å². The first-order valence-corrected chi connectivity index (χ1v) is 10.2. The van der Waals surface area contributed by atoms with Crippen molar-refractivity contribution in [1.82, 2.24) is 9.13 Å². The number of nitrogens with zero attached hydrogens (tertiary/aromatic N) is 3. The maximum atomic E-state index is 11.4. The number of furan rings is 1. The summed E-state index contributed by atoms with van der Waals surface area (Å²) in [7, 11) is 4.11. The van der Waals surface area contributed by atoms with Gasteiger partial charge in [0.15, 0.2) is 0 Å². The lowest BCUT2D eigenvalue weighted by atomic mass is 9.85. The van der Waals surface area contributed by atoms with E-state index in [0.717, 1.165) is 44.3 Å². The average molecular weight is 413 g/mol. The van der Waals surface area contributed by atoms with Crippen molar-refractivity contribution in [2.24, 2.45) is 14.1 Å². The lowest BCUT2D eigenvalue weighted by Gasteiger charge is -2.17. The molecule has 0 fully saturated rings. The van der Waals surface area contributed by atoms with Gasteiger partial charge in [0.1, 0.15) is 10.7 Å². The molecule has 0 atom stereocenters. The Morgan fingerprint density at radius 3 is 1.74 bits per heavy atom. The molecule has 0 saturated carbocycles. The normalized spacial score (nSPS) is 11.8. The van der Waals surface area contributed by atoms with Crippen LogP contribution in [0.4, 0.5) is 5.88 Å². The number of aromatic nitrogens is 2. The average Bonchev–Trinajstić information content (AvgIpc) is 3.42. The predicted molar refractivity (Wildman–Crippen MR) is 122 cm³/mol. The zero-order chi connectivity index (χ0) is 21.9. The van der Waals surface area contributed by atoms with E-state index in [4.69, 9.17) is 4.42 Å². The molecular formula is C25H23N3O3. The van der Waals surface area contributed by atoms with E-state index in [1.54, 1.807) is 6.07 Å². The van der Waals surface area contributed by atoms with Crippen molar-refractivity contribution in [1.29, 1.82) is 0 Å². The van der Waals surface area contributed by atoms with E-state index >= 15 is 0 Å². The third-order valence-corrected chi connectivity index (χ3v) is 6.55. The van der Waals surface area contributed by atoms with Gasteiger partial charge in [-0.15, -0.1) is 0 Å². The Morgan fingerprint density at radius 1 is 0.806 bits per heavy atom. The zero-order valence-corrected chi connectivity index (χ0v) is 17.9. The molecule has 6 nitrogen and oxygen atoms in total. The smallest absolute Gasteiger partial charge is 0.405 e. The number of hydrogen-bond acceptors (Lipinski definition) is 3. The van der Waals surface area contributed by atoms with Gasteiger partial charge >= 0.3 is 5.88 Å². The van der Waals surface area contributed by atoms with Crippen LogP contribution in [0.3, 0.4) is 0 Å². The van der Waals surface area contributed by atoms with E-state index in [-0.39, 0.29) is 11.8 Å². The van der Waals surface area contributed by atoms with Crippen molar-refractivity contribution >= 4 is 27.7 Å². The molecule has 5 aromatic rings. The van der Waals surface area contributed by atoms with Crippen LogP contribution in [0.25, 0.3) is 21.8 Å². The summed E-state index contributed by atoms with van der Waals surface area (Å²) in [5, 5.41) is 13.6. The largest absolute Gasteiger partial charge is 0.433 e. The first kappa shape index (κ1) is 19.2. The van der Waals surface area contributed by atoms with Crippen LogP contribution in [0.2, 0.25) is 0 Å². The second kappa shape index (κ2) is 6.87. The molecule has 5 rings (SSSR count). The van der Waals surface area contributed by atoms with E-state index in [1.165, 1.54) is 6.07 Å². The summed E-state index contributed by atoms with van der Waals surface area (Å²) in [6.07, 6.45) is 0. The SMILES string of the molecule is Cc1c(C(c2ccc([N+](=O)[O-])o2)c2c(C)n(C)c3ccccc23)c2ccccc2n1C. The van der Waals surface area contributed by atoms with E-state index in [1.807, 2.05) is 24.3 Å². The standard InChI is InChI=1S/C25H23N3O3/c1-15-23(17-9-5-7-11-19(17)26(15)3)25(21-13-14-22(31-21)28(29)30)24-16(2)27(4)20-12-8-6-10-18(20)24/h5-14,25H,1-4H3. The van der Waals surface area contributed by atoms with Crippen LogP contribution in [-0.2, 0) is 14.1 Å². The zero-order valence-electron chi connectivity index (χ0n) is 17.9. The van der Waals surface area contributed by atoms with Crippen molar-refractivity contribution in [2.75, 3.05) is 0 Å². The Balaban J connectivity index is 1.90. The predicted octanol–water partition coefficient (Wildman–Crippen LogP) is 5.97.